The van der Waals surface area contributed by atoms with Gasteiger partial charge in [0.1, 0.15) is 6.54 Å². The summed E-state index contributed by atoms with van der Waals surface area (Å²) in [6, 6.07) is 14.4. The SMILES string of the molecule is CN(C)c1ccc(N(C(=O)NCC(=O)O)c2ccc(N(C)C)cc2)cc1.[NaH]. The second kappa shape index (κ2) is 10.2. The third kappa shape index (κ3) is 6.16. The first-order chi connectivity index (χ1) is 12.3. The van der Waals surface area contributed by atoms with Gasteiger partial charge in [-0.25, -0.2) is 4.79 Å². The molecule has 27 heavy (non-hydrogen) atoms. The van der Waals surface area contributed by atoms with Gasteiger partial charge in [-0.2, -0.15) is 0 Å². The zero-order valence-electron chi connectivity index (χ0n) is 15.4. The van der Waals surface area contributed by atoms with E-state index in [0.717, 1.165) is 11.4 Å². The first-order valence-corrected chi connectivity index (χ1v) is 8.14. The van der Waals surface area contributed by atoms with Crippen molar-refractivity contribution in [1.82, 2.24) is 5.32 Å². The molecule has 2 aromatic rings. The van der Waals surface area contributed by atoms with E-state index in [2.05, 4.69) is 5.32 Å². The molecular formula is C19H25N4NaO3. The maximum atomic E-state index is 12.6. The Kier molecular flexibility index (Phi) is 8.62. The van der Waals surface area contributed by atoms with Crippen molar-refractivity contribution in [3.63, 3.8) is 0 Å². The molecule has 0 radical (unpaired) electrons. The van der Waals surface area contributed by atoms with Gasteiger partial charge in [-0.1, -0.05) is 0 Å². The van der Waals surface area contributed by atoms with E-state index in [4.69, 9.17) is 5.11 Å². The summed E-state index contributed by atoms with van der Waals surface area (Å²) in [4.78, 5) is 28.8. The zero-order valence-corrected chi connectivity index (χ0v) is 15.4. The topological polar surface area (TPSA) is 76.1 Å². The monoisotopic (exact) mass is 380 g/mol. The van der Waals surface area contributed by atoms with Gasteiger partial charge in [0.15, 0.2) is 0 Å². The molecule has 0 aliphatic carbocycles. The van der Waals surface area contributed by atoms with Gasteiger partial charge in [-0.05, 0) is 48.5 Å². The van der Waals surface area contributed by atoms with Crippen LogP contribution in [0.4, 0.5) is 27.5 Å². The molecule has 2 aromatic carbocycles. The Bertz CT molecular complexity index is 710. The summed E-state index contributed by atoms with van der Waals surface area (Å²) < 4.78 is 0. The average Bonchev–Trinajstić information content (AvgIpc) is 2.61. The van der Waals surface area contributed by atoms with Crippen molar-refractivity contribution in [1.29, 1.82) is 0 Å². The molecular weight excluding hydrogens is 355 g/mol. The van der Waals surface area contributed by atoms with Crippen molar-refractivity contribution in [3.05, 3.63) is 48.5 Å². The number of urea groups is 1. The third-order valence-corrected chi connectivity index (χ3v) is 3.84. The van der Waals surface area contributed by atoms with E-state index in [0.29, 0.717) is 11.4 Å². The molecule has 0 aliphatic heterocycles. The molecule has 0 heterocycles. The van der Waals surface area contributed by atoms with Crippen molar-refractivity contribution in [2.45, 2.75) is 0 Å². The Hall–Kier alpha value is -2.22. The number of carboxylic acid groups (broad SMARTS) is 1. The summed E-state index contributed by atoms with van der Waals surface area (Å²) in [5.41, 5.74) is 3.30. The molecule has 0 fully saturated rings. The van der Waals surface area contributed by atoms with Crippen LogP contribution in [0.15, 0.2) is 48.5 Å². The molecule has 0 saturated carbocycles. The first-order valence-electron chi connectivity index (χ1n) is 8.14. The molecule has 0 atom stereocenters. The van der Waals surface area contributed by atoms with E-state index < -0.39 is 18.5 Å². The summed E-state index contributed by atoms with van der Waals surface area (Å²) in [6.45, 7) is -0.444. The molecule has 0 saturated heterocycles. The fraction of sp³-hybridized carbons (Fsp3) is 0.263. The van der Waals surface area contributed by atoms with Crippen molar-refractivity contribution in [2.24, 2.45) is 0 Å². The normalized spacial score (nSPS) is 9.78. The van der Waals surface area contributed by atoms with Gasteiger partial charge in [0, 0.05) is 39.6 Å². The van der Waals surface area contributed by atoms with Crippen molar-refractivity contribution in [3.8, 4) is 0 Å². The molecule has 8 heteroatoms. The quantitative estimate of drug-likeness (QED) is 0.751. The third-order valence-electron chi connectivity index (χ3n) is 3.84. The fourth-order valence-corrected chi connectivity index (χ4v) is 2.41. The fourth-order valence-electron chi connectivity index (χ4n) is 2.41. The summed E-state index contributed by atoms with van der Waals surface area (Å²) in [6.07, 6.45) is 0. The number of nitrogens with zero attached hydrogens (tertiary/aromatic N) is 3. The van der Waals surface area contributed by atoms with E-state index >= 15 is 0 Å². The van der Waals surface area contributed by atoms with Crippen LogP contribution in [0.5, 0.6) is 0 Å². The van der Waals surface area contributed by atoms with Crippen molar-refractivity contribution < 1.29 is 14.7 Å². The van der Waals surface area contributed by atoms with Crippen LogP contribution in [0.25, 0.3) is 0 Å². The van der Waals surface area contributed by atoms with Gasteiger partial charge >= 0.3 is 41.6 Å². The summed E-state index contributed by atoms with van der Waals surface area (Å²) in [7, 11) is 7.75. The Labute approximate surface area is 181 Å². The maximum absolute atomic E-state index is 12.6. The second-order valence-electron chi connectivity index (χ2n) is 6.21. The van der Waals surface area contributed by atoms with Gasteiger partial charge in [0.2, 0.25) is 0 Å². The van der Waals surface area contributed by atoms with Crippen LogP contribution in [-0.2, 0) is 4.79 Å². The Morgan fingerprint density at radius 2 is 1.11 bits per heavy atom. The molecule has 0 aliphatic rings. The first kappa shape index (κ1) is 22.8. The van der Waals surface area contributed by atoms with Crippen LogP contribution in [0.2, 0.25) is 0 Å². The minimum atomic E-state index is -1.09. The number of carbonyl (C=O) groups excluding carboxylic acids is 1. The Morgan fingerprint density at radius 3 is 1.41 bits per heavy atom. The number of amides is 2. The molecule has 2 amide bonds. The Balaban J connectivity index is 0.00000364. The molecule has 0 aromatic heterocycles. The molecule has 0 spiro atoms. The van der Waals surface area contributed by atoms with Crippen LogP contribution < -0.4 is 20.0 Å². The van der Waals surface area contributed by atoms with Gasteiger partial charge in [0.05, 0.1) is 11.4 Å². The van der Waals surface area contributed by atoms with Crippen molar-refractivity contribution in [2.75, 3.05) is 49.4 Å². The van der Waals surface area contributed by atoms with Crippen molar-refractivity contribution >= 4 is 64.3 Å². The van der Waals surface area contributed by atoms with E-state index in [-0.39, 0.29) is 29.6 Å². The number of carboxylic acids is 1. The summed E-state index contributed by atoms with van der Waals surface area (Å²) in [5.74, 6) is -1.09. The number of carbonyl (C=O) groups is 2. The number of benzene rings is 2. The number of anilines is 4. The van der Waals surface area contributed by atoms with Gasteiger partial charge in [0.25, 0.3) is 0 Å². The number of rotatable bonds is 6. The molecule has 140 valence electrons. The van der Waals surface area contributed by atoms with Crippen LogP contribution in [0.3, 0.4) is 0 Å². The zero-order chi connectivity index (χ0) is 19.3. The predicted octanol–water partition coefficient (Wildman–Crippen LogP) is 2.10. The predicted molar refractivity (Wildman–Crippen MR) is 112 cm³/mol. The van der Waals surface area contributed by atoms with Crippen LogP contribution >= 0.6 is 0 Å². The van der Waals surface area contributed by atoms with Crippen LogP contribution in [0.1, 0.15) is 0 Å². The molecule has 0 bridgehead atoms. The van der Waals surface area contributed by atoms with Gasteiger partial charge < -0.3 is 20.2 Å². The van der Waals surface area contributed by atoms with E-state index in [1.165, 1.54) is 4.90 Å². The number of aliphatic carboxylic acids is 1. The van der Waals surface area contributed by atoms with Crippen LogP contribution in [0, 0.1) is 0 Å². The average molecular weight is 380 g/mol. The van der Waals surface area contributed by atoms with E-state index in [1.54, 1.807) is 0 Å². The van der Waals surface area contributed by atoms with Crippen LogP contribution in [-0.4, -0.2) is 81.4 Å². The Morgan fingerprint density at radius 1 is 0.778 bits per heavy atom. The number of hydrogen-bond donors (Lipinski definition) is 2. The number of nitrogens with one attached hydrogen (secondary N) is 1. The summed E-state index contributed by atoms with van der Waals surface area (Å²) >= 11 is 0. The summed E-state index contributed by atoms with van der Waals surface area (Å²) in [5, 5.41) is 11.3. The van der Waals surface area contributed by atoms with E-state index in [9.17, 15) is 9.59 Å². The van der Waals surface area contributed by atoms with Gasteiger partial charge in [-0.3, -0.25) is 9.69 Å². The second-order valence-corrected chi connectivity index (χ2v) is 6.21. The molecule has 7 nitrogen and oxygen atoms in total. The minimum absolute atomic E-state index is 0. The van der Waals surface area contributed by atoms with E-state index in [1.807, 2.05) is 86.5 Å². The molecule has 2 N–H and O–H groups in total. The standard InChI is InChI=1S/C19H24N4O3.Na.H/c1-21(2)14-5-9-16(10-6-14)23(19(26)20-13-18(24)25)17-11-7-15(8-12-17)22(3)4;;/h5-12H,13H2,1-4H3,(H,20,26)(H,24,25);;. The molecule has 0 unspecified atom stereocenters. The molecule has 2 rings (SSSR count). The number of hydrogen-bond acceptors (Lipinski definition) is 4. The van der Waals surface area contributed by atoms with Gasteiger partial charge in [-0.15, -0.1) is 0 Å².